The van der Waals surface area contributed by atoms with Crippen LogP contribution in [-0.4, -0.2) is 42.9 Å². The van der Waals surface area contributed by atoms with E-state index in [4.69, 9.17) is 16.3 Å². The minimum atomic E-state index is -0.760. The zero-order chi connectivity index (χ0) is 16.1. The van der Waals surface area contributed by atoms with Crippen molar-refractivity contribution in [3.05, 3.63) is 34.9 Å². The molecule has 1 aliphatic heterocycles. The van der Waals surface area contributed by atoms with E-state index in [2.05, 4.69) is 4.90 Å². The maximum atomic E-state index is 11.6. The average Bonchev–Trinajstić information content (AvgIpc) is 2.61. The number of ether oxygens (including phenoxy) is 1. The van der Waals surface area contributed by atoms with Crippen LogP contribution in [0.4, 0.5) is 0 Å². The van der Waals surface area contributed by atoms with Gasteiger partial charge in [0.1, 0.15) is 0 Å². The largest absolute Gasteiger partial charge is 0.385 e. The highest BCUT2D eigenvalue weighted by atomic mass is 35.5. The van der Waals surface area contributed by atoms with Gasteiger partial charge in [0.05, 0.1) is 18.8 Å². The highest BCUT2D eigenvalue weighted by Crippen LogP contribution is 2.42. The first kappa shape index (κ1) is 20.0. The van der Waals surface area contributed by atoms with Crippen molar-refractivity contribution in [1.29, 1.82) is 0 Å². The van der Waals surface area contributed by atoms with Gasteiger partial charge in [-0.2, -0.15) is 0 Å². The van der Waals surface area contributed by atoms with E-state index in [1.54, 1.807) is 0 Å². The molecule has 1 saturated heterocycles. The highest BCUT2D eigenvalue weighted by Gasteiger charge is 2.39. The van der Waals surface area contributed by atoms with Crippen LogP contribution in [0.3, 0.4) is 0 Å². The van der Waals surface area contributed by atoms with Crippen molar-refractivity contribution >= 4 is 24.0 Å². The molecule has 24 heavy (non-hydrogen) atoms. The predicted molar refractivity (Wildman–Crippen MR) is 101 cm³/mol. The number of hydrogen-bond acceptors (Lipinski definition) is 3. The summed E-state index contributed by atoms with van der Waals surface area (Å²) in [5.74, 6) is 0.343. The van der Waals surface area contributed by atoms with E-state index in [-0.39, 0.29) is 12.4 Å². The quantitative estimate of drug-likeness (QED) is 0.836. The van der Waals surface area contributed by atoms with Crippen molar-refractivity contribution in [2.24, 2.45) is 5.92 Å². The summed E-state index contributed by atoms with van der Waals surface area (Å²) < 4.78 is 5.43. The summed E-state index contributed by atoms with van der Waals surface area (Å²) in [6.07, 6.45) is 6.76. The average molecular weight is 374 g/mol. The SMILES string of the molecule is Cl.OC(CCN1CCOCC1)(c1cccc(Cl)c1)C1CCCCC1. The van der Waals surface area contributed by atoms with Crippen molar-refractivity contribution in [3.8, 4) is 0 Å². The van der Waals surface area contributed by atoms with Crippen LogP contribution in [0.2, 0.25) is 5.02 Å². The van der Waals surface area contributed by atoms with Crippen LogP contribution in [0.15, 0.2) is 24.3 Å². The van der Waals surface area contributed by atoms with E-state index in [0.29, 0.717) is 10.9 Å². The zero-order valence-corrected chi connectivity index (χ0v) is 15.8. The maximum absolute atomic E-state index is 11.6. The van der Waals surface area contributed by atoms with Crippen LogP contribution in [0.1, 0.15) is 44.1 Å². The molecular weight excluding hydrogens is 345 g/mol. The topological polar surface area (TPSA) is 32.7 Å². The molecule has 1 N–H and O–H groups in total. The molecule has 1 aliphatic carbocycles. The van der Waals surface area contributed by atoms with Crippen molar-refractivity contribution in [3.63, 3.8) is 0 Å². The normalized spacial score (nSPS) is 22.6. The third-order valence-electron chi connectivity index (χ3n) is 5.52. The van der Waals surface area contributed by atoms with Gasteiger partial charge in [0.25, 0.3) is 0 Å². The predicted octanol–water partition coefficient (Wildman–Crippen LogP) is 4.25. The first-order chi connectivity index (χ1) is 11.2. The smallest absolute Gasteiger partial charge is 0.0937 e. The Bertz CT molecular complexity index is 502. The zero-order valence-electron chi connectivity index (χ0n) is 14.3. The first-order valence-electron chi connectivity index (χ1n) is 8.97. The van der Waals surface area contributed by atoms with Gasteiger partial charge >= 0.3 is 0 Å². The van der Waals surface area contributed by atoms with Crippen molar-refractivity contribution in [2.75, 3.05) is 32.8 Å². The fourth-order valence-electron chi connectivity index (χ4n) is 4.08. The Morgan fingerprint density at radius 3 is 2.54 bits per heavy atom. The third kappa shape index (κ3) is 4.86. The molecule has 0 aromatic heterocycles. The number of rotatable bonds is 5. The van der Waals surface area contributed by atoms with Crippen LogP contribution < -0.4 is 0 Å². The number of nitrogens with zero attached hydrogens (tertiary/aromatic N) is 1. The lowest BCUT2D eigenvalue weighted by Gasteiger charge is -2.41. The Kier molecular flexibility index (Phi) is 7.83. The van der Waals surface area contributed by atoms with Gasteiger partial charge in [-0.3, -0.25) is 4.90 Å². The van der Waals surface area contributed by atoms with E-state index >= 15 is 0 Å². The van der Waals surface area contributed by atoms with Gasteiger partial charge in [0.2, 0.25) is 0 Å². The minimum absolute atomic E-state index is 0. The van der Waals surface area contributed by atoms with E-state index in [1.165, 1.54) is 19.3 Å². The van der Waals surface area contributed by atoms with Crippen LogP contribution in [-0.2, 0) is 10.3 Å². The Labute approximate surface area is 156 Å². The second-order valence-electron chi connectivity index (χ2n) is 6.97. The molecule has 2 fully saturated rings. The Morgan fingerprint density at radius 2 is 1.88 bits per heavy atom. The number of halogens is 2. The number of hydrogen-bond donors (Lipinski definition) is 1. The van der Waals surface area contributed by atoms with Crippen LogP contribution >= 0.6 is 24.0 Å². The summed E-state index contributed by atoms with van der Waals surface area (Å²) >= 11 is 6.20. The summed E-state index contributed by atoms with van der Waals surface area (Å²) in [5.41, 5.74) is 0.231. The molecule has 1 saturated carbocycles. The van der Waals surface area contributed by atoms with Gasteiger partial charge in [0.15, 0.2) is 0 Å². The van der Waals surface area contributed by atoms with Crippen LogP contribution in [0, 0.1) is 5.92 Å². The Balaban J connectivity index is 0.00000208. The van der Waals surface area contributed by atoms with E-state index in [0.717, 1.165) is 57.7 Å². The standard InChI is InChI=1S/C19H28ClNO2.ClH/c20-18-8-4-7-17(15-18)19(22,16-5-2-1-3-6-16)9-10-21-11-13-23-14-12-21;/h4,7-8,15-16,22H,1-3,5-6,9-14H2;1H. The van der Waals surface area contributed by atoms with Crippen molar-refractivity contribution in [2.45, 2.75) is 44.1 Å². The molecule has 1 heterocycles. The monoisotopic (exact) mass is 373 g/mol. The summed E-state index contributed by atoms with van der Waals surface area (Å²) in [4.78, 5) is 2.40. The van der Waals surface area contributed by atoms with E-state index in [1.807, 2.05) is 24.3 Å². The number of morpholine rings is 1. The summed E-state index contributed by atoms with van der Waals surface area (Å²) in [7, 11) is 0. The van der Waals surface area contributed by atoms with Gasteiger partial charge < -0.3 is 9.84 Å². The van der Waals surface area contributed by atoms with Gasteiger partial charge in [-0.25, -0.2) is 0 Å². The number of benzene rings is 1. The second-order valence-corrected chi connectivity index (χ2v) is 7.41. The Morgan fingerprint density at radius 1 is 1.17 bits per heavy atom. The molecule has 3 nitrogen and oxygen atoms in total. The summed E-state index contributed by atoms with van der Waals surface area (Å²) in [5, 5.41) is 12.4. The minimum Gasteiger partial charge on any atom is -0.385 e. The fourth-order valence-corrected chi connectivity index (χ4v) is 4.27. The molecule has 1 aromatic rings. The molecule has 1 unspecified atom stereocenters. The van der Waals surface area contributed by atoms with Gasteiger partial charge in [-0.1, -0.05) is 43.0 Å². The fraction of sp³-hybridized carbons (Fsp3) is 0.684. The lowest BCUT2D eigenvalue weighted by atomic mass is 9.71. The van der Waals surface area contributed by atoms with Gasteiger partial charge in [-0.15, -0.1) is 12.4 Å². The van der Waals surface area contributed by atoms with Crippen molar-refractivity contribution in [1.82, 2.24) is 4.90 Å². The summed E-state index contributed by atoms with van der Waals surface area (Å²) in [6, 6.07) is 7.84. The van der Waals surface area contributed by atoms with E-state index < -0.39 is 5.60 Å². The molecular formula is C19H29Cl2NO2. The lowest BCUT2D eigenvalue weighted by Crippen LogP contribution is -2.43. The second kappa shape index (κ2) is 9.40. The molecule has 0 radical (unpaired) electrons. The lowest BCUT2D eigenvalue weighted by molar-refractivity contribution is -0.0581. The third-order valence-corrected chi connectivity index (χ3v) is 5.75. The van der Waals surface area contributed by atoms with Gasteiger partial charge in [0, 0.05) is 24.7 Å². The molecule has 3 rings (SSSR count). The van der Waals surface area contributed by atoms with Crippen LogP contribution in [0.25, 0.3) is 0 Å². The molecule has 0 spiro atoms. The van der Waals surface area contributed by atoms with E-state index in [9.17, 15) is 5.11 Å². The number of aliphatic hydroxyl groups is 1. The summed E-state index contributed by atoms with van der Waals surface area (Å²) in [6.45, 7) is 4.47. The van der Waals surface area contributed by atoms with Crippen molar-refractivity contribution < 1.29 is 9.84 Å². The first-order valence-corrected chi connectivity index (χ1v) is 9.35. The molecule has 2 aliphatic rings. The molecule has 0 amide bonds. The molecule has 136 valence electrons. The molecule has 1 atom stereocenters. The molecule has 0 bridgehead atoms. The van der Waals surface area contributed by atoms with Crippen LogP contribution in [0.5, 0.6) is 0 Å². The molecule has 5 heteroatoms. The maximum Gasteiger partial charge on any atom is 0.0937 e. The van der Waals surface area contributed by atoms with Gasteiger partial charge in [-0.05, 0) is 42.9 Å². The highest BCUT2D eigenvalue weighted by molar-refractivity contribution is 6.30. The molecule has 1 aromatic carbocycles. The Hall–Kier alpha value is -0.320.